The molecule has 20 heavy (non-hydrogen) atoms. The highest BCUT2D eigenvalue weighted by Crippen LogP contribution is 2.26. The number of rotatable bonds is 5. The fourth-order valence-corrected chi connectivity index (χ4v) is 3.32. The molecule has 0 aromatic heterocycles. The summed E-state index contributed by atoms with van der Waals surface area (Å²) in [7, 11) is -3.16. The summed E-state index contributed by atoms with van der Waals surface area (Å²) in [5.41, 5.74) is 2.72. The first-order valence-electron chi connectivity index (χ1n) is 7.02. The van der Waals surface area contributed by atoms with E-state index in [9.17, 15) is 13.2 Å². The molecule has 110 valence electrons. The van der Waals surface area contributed by atoms with Gasteiger partial charge < -0.3 is 5.32 Å². The van der Waals surface area contributed by atoms with E-state index in [2.05, 4.69) is 5.32 Å². The lowest BCUT2D eigenvalue weighted by atomic mass is 9.94. The Morgan fingerprint density at radius 1 is 1.35 bits per heavy atom. The molecular formula is C15H21NO3S. The van der Waals surface area contributed by atoms with Crippen LogP contribution in [0.1, 0.15) is 42.6 Å². The van der Waals surface area contributed by atoms with Crippen LogP contribution in [-0.4, -0.2) is 31.7 Å². The van der Waals surface area contributed by atoms with Gasteiger partial charge in [-0.05, 0) is 38.3 Å². The number of anilines is 1. The smallest absolute Gasteiger partial charge is 0.164 e. The number of sulfone groups is 1. The van der Waals surface area contributed by atoms with E-state index in [1.165, 1.54) is 0 Å². The fourth-order valence-electron chi connectivity index (χ4n) is 2.38. The van der Waals surface area contributed by atoms with E-state index >= 15 is 0 Å². The van der Waals surface area contributed by atoms with E-state index in [-0.39, 0.29) is 18.0 Å². The normalized spacial score (nSPS) is 14.8. The Kier molecular flexibility index (Phi) is 4.48. The molecular weight excluding hydrogens is 274 g/mol. The van der Waals surface area contributed by atoms with E-state index in [1.807, 2.05) is 12.1 Å². The molecule has 1 heterocycles. The summed E-state index contributed by atoms with van der Waals surface area (Å²) in [6, 6.07) is 5.62. The summed E-state index contributed by atoms with van der Waals surface area (Å²) in [6.45, 7) is 4.22. The van der Waals surface area contributed by atoms with Gasteiger partial charge >= 0.3 is 0 Å². The van der Waals surface area contributed by atoms with Crippen LogP contribution in [0.15, 0.2) is 18.2 Å². The van der Waals surface area contributed by atoms with Crippen molar-refractivity contribution in [2.45, 2.75) is 38.4 Å². The third-order valence-corrected chi connectivity index (χ3v) is 5.94. The molecule has 0 aliphatic carbocycles. The molecule has 0 saturated carbocycles. The minimum Gasteiger partial charge on any atom is -0.385 e. The second-order valence-corrected chi connectivity index (χ2v) is 8.13. The molecule has 0 spiro atoms. The Labute approximate surface area is 120 Å². The van der Waals surface area contributed by atoms with Crippen LogP contribution in [0.4, 0.5) is 5.69 Å². The SMILES string of the molecule is CC(C)S(=O)(=O)CCC(=O)c1cccc2c1CCCN2. The van der Waals surface area contributed by atoms with Crippen molar-refractivity contribution in [1.29, 1.82) is 0 Å². The highest BCUT2D eigenvalue weighted by molar-refractivity contribution is 7.91. The molecule has 0 fully saturated rings. The maximum absolute atomic E-state index is 12.3. The van der Waals surface area contributed by atoms with Crippen LogP contribution in [0, 0.1) is 0 Å². The van der Waals surface area contributed by atoms with E-state index in [1.54, 1.807) is 19.9 Å². The zero-order valence-electron chi connectivity index (χ0n) is 12.0. The maximum Gasteiger partial charge on any atom is 0.164 e. The molecule has 1 aliphatic rings. The van der Waals surface area contributed by atoms with Crippen molar-refractivity contribution in [2.24, 2.45) is 0 Å². The second-order valence-electron chi connectivity index (χ2n) is 5.45. The van der Waals surface area contributed by atoms with Crippen molar-refractivity contribution in [1.82, 2.24) is 0 Å². The molecule has 1 aliphatic heterocycles. The summed E-state index contributed by atoms with van der Waals surface area (Å²) in [4.78, 5) is 12.3. The highest BCUT2D eigenvalue weighted by Gasteiger charge is 2.21. The standard InChI is InChI=1S/C15H21NO3S/c1-11(2)20(18,19)10-8-15(17)13-5-3-7-14-12(13)6-4-9-16-14/h3,5,7,11,16H,4,6,8-10H2,1-2H3. The molecule has 4 nitrogen and oxygen atoms in total. The molecule has 0 bridgehead atoms. The largest absolute Gasteiger partial charge is 0.385 e. The lowest BCUT2D eigenvalue weighted by Gasteiger charge is -2.20. The van der Waals surface area contributed by atoms with E-state index < -0.39 is 15.1 Å². The summed E-state index contributed by atoms with van der Waals surface area (Å²) in [5, 5.41) is 2.85. The van der Waals surface area contributed by atoms with Crippen LogP contribution in [-0.2, 0) is 16.3 Å². The Balaban J connectivity index is 2.15. The number of Topliss-reactive ketones (excluding diaryl/α,β-unsaturated/α-hetero) is 1. The third kappa shape index (κ3) is 3.20. The number of benzene rings is 1. The van der Waals surface area contributed by atoms with Gasteiger partial charge in [0, 0.05) is 24.2 Å². The van der Waals surface area contributed by atoms with Crippen LogP contribution in [0.25, 0.3) is 0 Å². The van der Waals surface area contributed by atoms with Gasteiger partial charge in [-0.1, -0.05) is 12.1 Å². The quantitative estimate of drug-likeness (QED) is 0.848. The number of fused-ring (bicyclic) bond motifs is 1. The van der Waals surface area contributed by atoms with Gasteiger partial charge in [0.1, 0.15) is 0 Å². The molecule has 0 unspecified atom stereocenters. The van der Waals surface area contributed by atoms with Crippen molar-refractivity contribution in [3.05, 3.63) is 29.3 Å². The second kappa shape index (κ2) is 5.95. The molecule has 2 rings (SSSR count). The lowest BCUT2D eigenvalue weighted by molar-refractivity contribution is 0.0988. The van der Waals surface area contributed by atoms with Gasteiger partial charge in [-0.25, -0.2) is 8.42 Å². The molecule has 0 amide bonds. The topological polar surface area (TPSA) is 63.2 Å². The van der Waals surface area contributed by atoms with Gasteiger partial charge in [0.25, 0.3) is 0 Å². The van der Waals surface area contributed by atoms with E-state index in [0.29, 0.717) is 5.56 Å². The minimum absolute atomic E-state index is 0.0664. The first-order valence-corrected chi connectivity index (χ1v) is 8.74. The molecule has 0 saturated heterocycles. The summed E-state index contributed by atoms with van der Waals surface area (Å²) in [6.07, 6.45) is 1.94. The molecule has 1 N–H and O–H groups in total. The summed E-state index contributed by atoms with van der Waals surface area (Å²) >= 11 is 0. The fraction of sp³-hybridized carbons (Fsp3) is 0.533. The zero-order valence-corrected chi connectivity index (χ0v) is 12.8. The van der Waals surface area contributed by atoms with Crippen molar-refractivity contribution >= 4 is 21.3 Å². The lowest BCUT2D eigenvalue weighted by Crippen LogP contribution is -2.21. The number of carbonyl (C=O) groups excluding carboxylic acids is 1. The van der Waals surface area contributed by atoms with Crippen molar-refractivity contribution in [3.8, 4) is 0 Å². The average molecular weight is 295 g/mol. The van der Waals surface area contributed by atoms with Crippen LogP contribution in [0.2, 0.25) is 0 Å². The first-order chi connectivity index (χ1) is 9.42. The Morgan fingerprint density at radius 2 is 2.10 bits per heavy atom. The van der Waals surface area contributed by atoms with Crippen LogP contribution >= 0.6 is 0 Å². The van der Waals surface area contributed by atoms with Crippen LogP contribution in [0.5, 0.6) is 0 Å². The van der Waals surface area contributed by atoms with Gasteiger partial charge in [-0.2, -0.15) is 0 Å². The number of carbonyl (C=O) groups is 1. The van der Waals surface area contributed by atoms with Gasteiger partial charge in [0.15, 0.2) is 15.6 Å². The Hall–Kier alpha value is -1.36. The summed E-state index contributed by atoms with van der Waals surface area (Å²) < 4.78 is 23.6. The molecule has 0 atom stereocenters. The molecule has 5 heteroatoms. The van der Waals surface area contributed by atoms with Gasteiger partial charge in [0.05, 0.1) is 11.0 Å². The first kappa shape index (κ1) is 15.0. The van der Waals surface area contributed by atoms with Gasteiger partial charge in [-0.15, -0.1) is 0 Å². The predicted octanol–water partition coefficient (Wildman–Crippen LogP) is 2.44. The third-order valence-electron chi connectivity index (χ3n) is 3.73. The van der Waals surface area contributed by atoms with Crippen LogP contribution < -0.4 is 5.32 Å². The Bertz CT molecular complexity index is 606. The van der Waals surface area contributed by atoms with Crippen LogP contribution in [0.3, 0.4) is 0 Å². The highest BCUT2D eigenvalue weighted by atomic mass is 32.2. The van der Waals surface area contributed by atoms with Crippen molar-refractivity contribution in [3.63, 3.8) is 0 Å². The molecule has 1 aromatic rings. The molecule has 0 radical (unpaired) electrons. The number of hydrogen-bond donors (Lipinski definition) is 1. The van der Waals surface area contributed by atoms with Gasteiger partial charge in [-0.3, -0.25) is 4.79 Å². The number of ketones is 1. The number of nitrogens with one attached hydrogen (secondary N) is 1. The monoisotopic (exact) mass is 295 g/mol. The van der Waals surface area contributed by atoms with Gasteiger partial charge in [0.2, 0.25) is 0 Å². The minimum atomic E-state index is -3.16. The zero-order chi connectivity index (χ0) is 14.8. The van der Waals surface area contributed by atoms with E-state index in [4.69, 9.17) is 0 Å². The number of hydrogen-bond acceptors (Lipinski definition) is 4. The average Bonchev–Trinajstić information content (AvgIpc) is 2.44. The Morgan fingerprint density at radius 3 is 2.80 bits per heavy atom. The maximum atomic E-state index is 12.3. The molecule has 1 aromatic carbocycles. The van der Waals surface area contributed by atoms with E-state index in [0.717, 1.165) is 30.6 Å². The summed E-state index contributed by atoms with van der Waals surface area (Å²) in [5.74, 6) is -0.143. The van der Waals surface area contributed by atoms with Crippen molar-refractivity contribution in [2.75, 3.05) is 17.6 Å². The van der Waals surface area contributed by atoms with Crippen molar-refractivity contribution < 1.29 is 13.2 Å². The predicted molar refractivity (Wildman–Crippen MR) is 81.1 cm³/mol.